The molecular formula is C25H26FN5O4. The summed E-state index contributed by atoms with van der Waals surface area (Å²) in [6.07, 6.45) is 6.68. The van der Waals surface area contributed by atoms with E-state index in [1.165, 1.54) is 10.6 Å². The van der Waals surface area contributed by atoms with E-state index in [0.717, 1.165) is 24.8 Å². The second kappa shape index (κ2) is 6.83. The van der Waals surface area contributed by atoms with Gasteiger partial charge in [-0.1, -0.05) is 0 Å². The fourth-order valence-corrected chi connectivity index (χ4v) is 7.74. The molecule has 2 N–H and O–H groups in total. The largest absolute Gasteiger partial charge is 0.493 e. The number of hydrogen-bond donors (Lipinski definition) is 2. The molecule has 35 heavy (non-hydrogen) atoms. The molecule has 1 aromatic carbocycles. The van der Waals surface area contributed by atoms with Crippen LogP contribution in [0.2, 0.25) is 0 Å². The lowest BCUT2D eigenvalue weighted by Gasteiger charge is -2.60. The molecule has 2 aromatic heterocycles. The van der Waals surface area contributed by atoms with Crippen LogP contribution < -0.4 is 15.7 Å². The van der Waals surface area contributed by atoms with Crippen molar-refractivity contribution in [2.24, 2.45) is 24.3 Å². The van der Waals surface area contributed by atoms with Crippen LogP contribution in [0.5, 0.6) is 5.75 Å². The minimum absolute atomic E-state index is 0.187. The number of carboxylic acids is 1. The molecule has 9 nitrogen and oxygen atoms in total. The molecule has 10 heteroatoms. The van der Waals surface area contributed by atoms with Crippen molar-refractivity contribution in [2.45, 2.75) is 50.5 Å². The Morgan fingerprint density at radius 3 is 2.77 bits per heavy atom. The van der Waals surface area contributed by atoms with E-state index in [9.17, 15) is 19.1 Å². The zero-order valence-corrected chi connectivity index (χ0v) is 19.4. The van der Waals surface area contributed by atoms with E-state index in [0.29, 0.717) is 49.2 Å². The number of hydrogen-bond acceptors (Lipinski definition) is 6. The highest BCUT2D eigenvalue weighted by Gasteiger charge is 2.62. The Morgan fingerprint density at radius 1 is 1.26 bits per heavy atom. The summed E-state index contributed by atoms with van der Waals surface area (Å²) in [4.78, 5) is 35.0. The van der Waals surface area contributed by atoms with Crippen molar-refractivity contribution in [3.8, 4) is 5.75 Å². The number of imidazole rings is 1. The van der Waals surface area contributed by atoms with Gasteiger partial charge in [0.2, 0.25) is 5.95 Å². The molecular weight excluding hydrogens is 453 g/mol. The Hall–Kier alpha value is -3.43. The van der Waals surface area contributed by atoms with Gasteiger partial charge in [-0.15, -0.1) is 0 Å². The Morgan fingerprint density at radius 2 is 2.03 bits per heavy atom. The number of carbonyl (C=O) groups is 1. The molecule has 2 atom stereocenters. The summed E-state index contributed by atoms with van der Waals surface area (Å²) in [6.45, 7) is 0.527. The third-order valence-electron chi connectivity index (χ3n) is 8.79. The predicted octanol–water partition coefficient (Wildman–Crippen LogP) is 3.33. The quantitative estimate of drug-likeness (QED) is 0.590. The van der Waals surface area contributed by atoms with Gasteiger partial charge in [0.05, 0.1) is 29.4 Å². The van der Waals surface area contributed by atoms with Crippen LogP contribution >= 0.6 is 0 Å². The summed E-state index contributed by atoms with van der Waals surface area (Å²) in [5, 5.41) is 13.1. The Bertz CT molecular complexity index is 1460. The summed E-state index contributed by atoms with van der Waals surface area (Å²) >= 11 is 0. The summed E-state index contributed by atoms with van der Waals surface area (Å²) in [6, 6.07) is 3.07. The topological polar surface area (TPSA) is 111 Å². The number of aliphatic carboxylic acids is 1. The van der Waals surface area contributed by atoms with Crippen LogP contribution in [0.1, 0.15) is 44.1 Å². The van der Waals surface area contributed by atoms with E-state index in [1.807, 2.05) is 0 Å². The lowest BCUT2D eigenvalue weighted by Crippen LogP contribution is -2.60. The number of carboxylic acid groups (broad SMARTS) is 1. The van der Waals surface area contributed by atoms with Crippen molar-refractivity contribution in [3.63, 3.8) is 0 Å². The highest BCUT2D eigenvalue weighted by Crippen LogP contribution is 2.64. The third kappa shape index (κ3) is 2.85. The highest BCUT2D eigenvalue weighted by atomic mass is 19.1. The number of nitrogens with one attached hydrogen (secondary N) is 1. The maximum atomic E-state index is 14.7. The molecule has 182 valence electrons. The number of aryl methyl sites for hydroxylation is 1. The van der Waals surface area contributed by atoms with Crippen molar-refractivity contribution in [1.29, 1.82) is 0 Å². The normalized spacial score (nSPS) is 30.5. The van der Waals surface area contributed by atoms with Crippen LogP contribution in [0.4, 0.5) is 16.0 Å². The first-order valence-corrected chi connectivity index (χ1v) is 12.2. The first kappa shape index (κ1) is 20.9. The number of nitrogens with zero attached hydrogens (tertiary/aromatic N) is 4. The van der Waals surface area contributed by atoms with Crippen molar-refractivity contribution in [2.75, 3.05) is 11.9 Å². The van der Waals surface area contributed by atoms with Crippen molar-refractivity contribution in [3.05, 3.63) is 40.2 Å². The van der Waals surface area contributed by atoms with Gasteiger partial charge in [0, 0.05) is 19.5 Å². The van der Waals surface area contributed by atoms with Crippen LogP contribution in [0, 0.1) is 23.1 Å². The average molecular weight is 480 g/mol. The SMILES string of the molecule is Cn1c(=O)n(C23CC4CC(CC(C(=O)O)(C4)C2)C3)c2nc(Nc3cc4c(cc3F)OCC4)ncc21. The van der Waals surface area contributed by atoms with Gasteiger partial charge in [0.25, 0.3) is 0 Å². The van der Waals surface area contributed by atoms with Crippen LogP contribution in [-0.2, 0) is 23.8 Å². The summed E-state index contributed by atoms with van der Waals surface area (Å²) in [5.74, 6) is 0.0951. The van der Waals surface area contributed by atoms with Crippen molar-refractivity contribution < 1.29 is 19.0 Å². The molecule has 2 unspecified atom stereocenters. The monoisotopic (exact) mass is 479 g/mol. The Kier molecular flexibility index (Phi) is 4.08. The summed E-state index contributed by atoms with van der Waals surface area (Å²) in [7, 11) is 1.69. The number of rotatable bonds is 4. The lowest BCUT2D eigenvalue weighted by molar-refractivity contribution is -0.172. The van der Waals surface area contributed by atoms with E-state index in [2.05, 4.69) is 15.3 Å². The first-order valence-electron chi connectivity index (χ1n) is 12.2. The van der Waals surface area contributed by atoms with Gasteiger partial charge in [0.15, 0.2) is 5.65 Å². The predicted molar refractivity (Wildman–Crippen MR) is 124 cm³/mol. The smallest absolute Gasteiger partial charge is 0.330 e. The van der Waals surface area contributed by atoms with E-state index in [4.69, 9.17) is 4.74 Å². The number of halogens is 1. The molecule has 0 spiro atoms. The second-order valence-corrected chi connectivity index (χ2v) is 11.0. The first-order chi connectivity index (χ1) is 16.8. The molecule has 4 aliphatic carbocycles. The fourth-order valence-electron chi connectivity index (χ4n) is 7.74. The van der Waals surface area contributed by atoms with E-state index in [1.54, 1.807) is 23.9 Å². The van der Waals surface area contributed by atoms with Gasteiger partial charge in [-0.05, 0) is 62.0 Å². The highest BCUT2D eigenvalue weighted by molar-refractivity contribution is 5.76. The molecule has 0 radical (unpaired) electrons. The molecule has 8 rings (SSSR count). The third-order valence-corrected chi connectivity index (χ3v) is 8.79. The van der Waals surface area contributed by atoms with Crippen molar-refractivity contribution in [1.82, 2.24) is 19.1 Å². The standard InChI is InChI=1S/C25H26FN5O4/c1-30-18-11-27-22(28-17-5-15-2-3-35-19(15)6-16(17)26)29-20(18)31(23(30)34)25-9-13-4-14(10-25)8-24(7-13,12-25)21(32)33/h5-6,11,13-14H,2-4,7-10,12H2,1H3,(H,32,33)(H,27,28,29). The molecule has 3 aromatic rings. The Balaban J connectivity index is 1.35. The lowest BCUT2D eigenvalue weighted by atomic mass is 9.46. The van der Waals surface area contributed by atoms with Gasteiger partial charge in [-0.3, -0.25) is 13.9 Å². The van der Waals surface area contributed by atoms with E-state index < -0.39 is 22.7 Å². The number of anilines is 2. The van der Waals surface area contributed by atoms with Crippen LogP contribution in [0.25, 0.3) is 11.2 Å². The molecule has 5 aliphatic rings. The fraction of sp³-hybridized carbons (Fsp3) is 0.520. The molecule has 1 aliphatic heterocycles. The average Bonchev–Trinajstić information content (AvgIpc) is 3.34. The summed E-state index contributed by atoms with van der Waals surface area (Å²) < 4.78 is 23.4. The molecule has 0 saturated heterocycles. The minimum Gasteiger partial charge on any atom is -0.493 e. The molecule has 0 amide bonds. The second-order valence-electron chi connectivity index (χ2n) is 11.0. The Labute approximate surface area is 199 Å². The zero-order chi connectivity index (χ0) is 24.1. The maximum absolute atomic E-state index is 14.7. The maximum Gasteiger partial charge on any atom is 0.330 e. The molecule has 3 heterocycles. The summed E-state index contributed by atoms with van der Waals surface area (Å²) in [5.41, 5.74) is 0.619. The zero-order valence-electron chi connectivity index (χ0n) is 19.4. The number of benzene rings is 1. The number of fused-ring (bicyclic) bond motifs is 2. The van der Waals surface area contributed by atoms with Crippen LogP contribution in [0.15, 0.2) is 23.1 Å². The van der Waals surface area contributed by atoms with Crippen LogP contribution in [0.3, 0.4) is 0 Å². The minimum atomic E-state index is -0.782. The molecule has 4 bridgehead atoms. The van der Waals surface area contributed by atoms with Gasteiger partial charge in [-0.25, -0.2) is 14.2 Å². The van der Waals surface area contributed by atoms with Gasteiger partial charge >= 0.3 is 11.7 Å². The molecule has 4 fully saturated rings. The van der Waals surface area contributed by atoms with Gasteiger partial charge in [-0.2, -0.15) is 4.98 Å². The molecule has 4 saturated carbocycles. The van der Waals surface area contributed by atoms with Gasteiger partial charge in [0.1, 0.15) is 17.1 Å². The number of aromatic nitrogens is 4. The van der Waals surface area contributed by atoms with E-state index >= 15 is 0 Å². The van der Waals surface area contributed by atoms with Gasteiger partial charge < -0.3 is 15.2 Å². The number of ether oxygens (including phenoxy) is 1. The van der Waals surface area contributed by atoms with Crippen molar-refractivity contribution >= 4 is 28.8 Å². The van der Waals surface area contributed by atoms with E-state index in [-0.39, 0.29) is 29.2 Å². The van der Waals surface area contributed by atoms with Crippen LogP contribution in [-0.4, -0.2) is 36.8 Å².